The standard InChI is InChI=1S/C27H37N3O2/c1-29-19-8-2-3-12-26(29)27(31)30(24-10-4-5-11-24)21-22-13-15-25(16-14-22)32-20-17-23-9-6-7-18-28-23/h6-7,9,13-16,18,24,26H,2-5,8,10-12,17,19-21H2,1H3/t26-/m1/s1. The molecule has 5 nitrogen and oxygen atoms in total. The molecule has 0 N–H and O–H groups in total. The fraction of sp³-hybridized carbons (Fsp3) is 0.556. The van der Waals surface area contributed by atoms with Crippen molar-refractivity contribution in [2.45, 2.75) is 76.4 Å². The van der Waals surface area contributed by atoms with Crippen LogP contribution in [0.2, 0.25) is 0 Å². The lowest BCUT2D eigenvalue weighted by Crippen LogP contribution is -2.49. The summed E-state index contributed by atoms with van der Waals surface area (Å²) in [7, 11) is 2.12. The van der Waals surface area contributed by atoms with E-state index < -0.39 is 0 Å². The van der Waals surface area contributed by atoms with Crippen molar-refractivity contribution in [2.24, 2.45) is 0 Å². The molecule has 1 saturated carbocycles. The molecule has 32 heavy (non-hydrogen) atoms. The van der Waals surface area contributed by atoms with Crippen molar-refractivity contribution < 1.29 is 9.53 Å². The van der Waals surface area contributed by atoms with Crippen LogP contribution in [0.4, 0.5) is 0 Å². The molecule has 4 rings (SSSR count). The highest BCUT2D eigenvalue weighted by molar-refractivity contribution is 5.82. The van der Waals surface area contributed by atoms with Crippen molar-refractivity contribution in [2.75, 3.05) is 20.2 Å². The predicted molar refractivity (Wildman–Crippen MR) is 128 cm³/mol. The van der Waals surface area contributed by atoms with Crippen LogP contribution >= 0.6 is 0 Å². The highest BCUT2D eigenvalue weighted by Crippen LogP contribution is 2.28. The number of aromatic nitrogens is 1. The molecule has 1 aliphatic heterocycles. The summed E-state index contributed by atoms with van der Waals surface area (Å²) in [4.78, 5) is 22.5. The molecule has 1 atom stereocenters. The van der Waals surface area contributed by atoms with Gasteiger partial charge in [0.25, 0.3) is 0 Å². The Balaban J connectivity index is 1.37. The summed E-state index contributed by atoms with van der Waals surface area (Å²) >= 11 is 0. The average Bonchev–Trinajstić information content (AvgIpc) is 3.27. The summed E-state index contributed by atoms with van der Waals surface area (Å²) in [5, 5.41) is 0. The first kappa shape index (κ1) is 22.8. The molecule has 0 spiro atoms. The van der Waals surface area contributed by atoms with Crippen LogP contribution in [0.25, 0.3) is 0 Å². The van der Waals surface area contributed by atoms with Crippen LogP contribution in [0.5, 0.6) is 5.75 Å². The zero-order valence-corrected chi connectivity index (χ0v) is 19.4. The highest BCUT2D eigenvalue weighted by atomic mass is 16.5. The van der Waals surface area contributed by atoms with Gasteiger partial charge in [-0.15, -0.1) is 0 Å². The summed E-state index contributed by atoms with van der Waals surface area (Å²) in [5.41, 5.74) is 2.22. The van der Waals surface area contributed by atoms with Gasteiger partial charge in [0.05, 0.1) is 12.6 Å². The van der Waals surface area contributed by atoms with E-state index in [9.17, 15) is 4.79 Å². The van der Waals surface area contributed by atoms with E-state index in [-0.39, 0.29) is 6.04 Å². The minimum absolute atomic E-state index is 0.0345. The second kappa shape index (κ2) is 11.5. The highest BCUT2D eigenvalue weighted by Gasteiger charge is 2.33. The van der Waals surface area contributed by atoms with Gasteiger partial charge < -0.3 is 9.64 Å². The maximum atomic E-state index is 13.6. The molecule has 2 aliphatic rings. The Bertz CT molecular complexity index is 834. The Kier molecular flexibility index (Phi) is 8.16. The van der Waals surface area contributed by atoms with Crippen molar-refractivity contribution in [3.8, 4) is 5.75 Å². The summed E-state index contributed by atoms with van der Waals surface area (Å²) in [6.45, 7) is 2.33. The van der Waals surface area contributed by atoms with E-state index in [2.05, 4.69) is 34.0 Å². The van der Waals surface area contributed by atoms with Gasteiger partial charge in [-0.05, 0) is 69.1 Å². The maximum absolute atomic E-state index is 13.6. The maximum Gasteiger partial charge on any atom is 0.240 e. The molecule has 2 heterocycles. The molecule has 1 amide bonds. The number of nitrogens with zero attached hydrogens (tertiary/aromatic N) is 3. The number of amides is 1. The third kappa shape index (κ3) is 6.10. The summed E-state index contributed by atoms with van der Waals surface area (Å²) in [5.74, 6) is 1.20. The zero-order valence-electron chi connectivity index (χ0n) is 19.4. The Morgan fingerprint density at radius 2 is 1.81 bits per heavy atom. The van der Waals surface area contributed by atoms with Gasteiger partial charge in [0, 0.05) is 30.9 Å². The zero-order chi connectivity index (χ0) is 22.2. The predicted octanol–water partition coefficient (Wildman–Crippen LogP) is 4.85. The number of hydrogen-bond acceptors (Lipinski definition) is 4. The van der Waals surface area contributed by atoms with Crippen molar-refractivity contribution >= 4 is 5.91 Å². The van der Waals surface area contributed by atoms with Crippen molar-refractivity contribution in [3.05, 3.63) is 59.9 Å². The van der Waals surface area contributed by atoms with Gasteiger partial charge in [-0.3, -0.25) is 14.7 Å². The van der Waals surface area contributed by atoms with E-state index in [0.717, 1.165) is 50.1 Å². The molecule has 0 radical (unpaired) electrons. The molecular weight excluding hydrogens is 398 g/mol. The van der Waals surface area contributed by atoms with Gasteiger partial charge >= 0.3 is 0 Å². The first-order chi connectivity index (χ1) is 15.7. The Hall–Kier alpha value is -2.40. The third-order valence-corrected chi connectivity index (χ3v) is 6.98. The van der Waals surface area contributed by atoms with Crippen LogP contribution in [-0.4, -0.2) is 53.0 Å². The number of likely N-dealkylation sites (tertiary alicyclic amines) is 1. The van der Waals surface area contributed by atoms with Crippen molar-refractivity contribution in [1.29, 1.82) is 0 Å². The molecule has 1 aliphatic carbocycles. The number of ether oxygens (including phenoxy) is 1. The Morgan fingerprint density at radius 3 is 2.56 bits per heavy atom. The van der Waals surface area contributed by atoms with Gasteiger partial charge in [0.1, 0.15) is 5.75 Å². The molecule has 0 unspecified atom stereocenters. The van der Waals surface area contributed by atoms with Gasteiger partial charge in [-0.1, -0.05) is 43.9 Å². The smallest absolute Gasteiger partial charge is 0.240 e. The fourth-order valence-electron chi connectivity index (χ4n) is 5.07. The van der Waals surface area contributed by atoms with E-state index >= 15 is 0 Å². The molecule has 2 aromatic rings. The molecule has 1 saturated heterocycles. The SMILES string of the molecule is CN1CCCCC[C@@H]1C(=O)N(Cc1ccc(OCCc2ccccn2)cc1)C1CCCC1. The minimum atomic E-state index is 0.0345. The number of carbonyl (C=O) groups excluding carboxylic acids is 1. The van der Waals surface area contributed by atoms with Gasteiger partial charge in [0.15, 0.2) is 0 Å². The Labute approximate surface area is 192 Å². The lowest BCUT2D eigenvalue weighted by Gasteiger charge is -2.35. The van der Waals surface area contributed by atoms with E-state index in [1.165, 1.54) is 31.2 Å². The number of carbonyl (C=O) groups is 1. The first-order valence-corrected chi connectivity index (χ1v) is 12.3. The lowest BCUT2D eigenvalue weighted by atomic mass is 10.1. The monoisotopic (exact) mass is 435 g/mol. The third-order valence-electron chi connectivity index (χ3n) is 6.98. The van der Waals surface area contributed by atoms with Gasteiger partial charge in [-0.25, -0.2) is 0 Å². The topological polar surface area (TPSA) is 45.7 Å². The number of rotatable bonds is 8. The summed E-state index contributed by atoms with van der Waals surface area (Å²) in [6.07, 6.45) is 11.9. The van der Waals surface area contributed by atoms with Crippen LogP contribution in [-0.2, 0) is 17.8 Å². The number of pyridine rings is 1. The molecule has 0 bridgehead atoms. The van der Waals surface area contributed by atoms with E-state index in [1.807, 2.05) is 36.5 Å². The molecule has 1 aromatic heterocycles. The lowest BCUT2D eigenvalue weighted by molar-refractivity contribution is -0.139. The van der Waals surface area contributed by atoms with E-state index in [0.29, 0.717) is 25.1 Å². The number of hydrogen-bond donors (Lipinski definition) is 0. The van der Waals surface area contributed by atoms with Crippen LogP contribution in [0.1, 0.15) is 62.6 Å². The average molecular weight is 436 g/mol. The first-order valence-electron chi connectivity index (χ1n) is 12.3. The second-order valence-electron chi connectivity index (χ2n) is 9.31. The van der Waals surface area contributed by atoms with Gasteiger partial charge in [0.2, 0.25) is 5.91 Å². The molecule has 1 aromatic carbocycles. The van der Waals surface area contributed by atoms with E-state index in [4.69, 9.17) is 4.74 Å². The van der Waals surface area contributed by atoms with Crippen molar-refractivity contribution in [1.82, 2.24) is 14.8 Å². The summed E-state index contributed by atoms with van der Waals surface area (Å²) in [6, 6.07) is 14.7. The largest absolute Gasteiger partial charge is 0.493 e. The molecule has 5 heteroatoms. The normalized spacial score (nSPS) is 20.1. The number of benzene rings is 1. The van der Waals surface area contributed by atoms with E-state index in [1.54, 1.807) is 0 Å². The van der Waals surface area contributed by atoms with Crippen molar-refractivity contribution in [3.63, 3.8) is 0 Å². The molecule has 172 valence electrons. The van der Waals surface area contributed by atoms with Crippen LogP contribution in [0.15, 0.2) is 48.7 Å². The van der Waals surface area contributed by atoms with Crippen LogP contribution < -0.4 is 4.74 Å². The fourth-order valence-corrected chi connectivity index (χ4v) is 5.07. The quantitative estimate of drug-likeness (QED) is 0.595. The van der Waals surface area contributed by atoms with Gasteiger partial charge in [-0.2, -0.15) is 0 Å². The van der Waals surface area contributed by atoms with Crippen LogP contribution in [0, 0.1) is 0 Å². The second-order valence-corrected chi connectivity index (χ2v) is 9.31. The molecular formula is C27H37N3O2. The summed E-state index contributed by atoms with van der Waals surface area (Å²) < 4.78 is 5.91. The Morgan fingerprint density at radius 1 is 1.03 bits per heavy atom. The molecule has 2 fully saturated rings. The minimum Gasteiger partial charge on any atom is -0.493 e. The number of likely N-dealkylation sites (N-methyl/N-ethyl adjacent to an activating group) is 1. The van der Waals surface area contributed by atoms with Crippen LogP contribution in [0.3, 0.4) is 0 Å².